The topological polar surface area (TPSA) is 15.6 Å². The molecule has 1 unspecified atom stereocenters. The minimum absolute atomic E-state index is 0.853. The fourth-order valence-corrected chi connectivity index (χ4v) is 1.49. The smallest absolute Gasteiger partial charge is 0.0846 e. The largest absolute Gasteiger partial charge is 0.363 e. The number of hydrogen-bond acceptors (Lipinski definition) is 1. The standard InChI is InChI=1S/C8H16N2/c1-8-4-3-5-10(6-8)7-9-2/h7-8H,3-6H2,1-2H3. The van der Waals surface area contributed by atoms with Gasteiger partial charge in [-0.15, -0.1) is 0 Å². The van der Waals surface area contributed by atoms with Gasteiger partial charge < -0.3 is 4.90 Å². The summed E-state index contributed by atoms with van der Waals surface area (Å²) in [6, 6.07) is 0. The maximum absolute atomic E-state index is 3.99. The van der Waals surface area contributed by atoms with Crippen LogP contribution in [-0.4, -0.2) is 31.4 Å². The molecule has 0 amide bonds. The average Bonchev–Trinajstić information content (AvgIpc) is 1.88. The maximum Gasteiger partial charge on any atom is 0.0846 e. The molecule has 0 N–H and O–H groups in total. The van der Waals surface area contributed by atoms with Crippen LogP contribution < -0.4 is 0 Å². The molecule has 0 aromatic heterocycles. The lowest BCUT2D eigenvalue weighted by Gasteiger charge is -2.28. The summed E-state index contributed by atoms with van der Waals surface area (Å²) in [6.45, 7) is 4.69. The van der Waals surface area contributed by atoms with Crippen LogP contribution >= 0.6 is 0 Å². The van der Waals surface area contributed by atoms with Crippen molar-refractivity contribution in [2.24, 2.45) is 10.9 Å². The molecular formula is C8H16N2. The summed E-state index contributed by atoms with van der Waals surface area (Å²) in [5, 5.41) is 0. The summed E-state index contributed by atoms with van der Waals surface area (Å²) < 4.78 is 0. The Kier molecular flexibility index (Phi) is 2.72. The molecule has 0 aromatic carbocycles. The molecule has 2 nitrogen and oxygen atoms in total. The highest BCUT2D eigenvalue weighted by Crippen LogP contribution is 2.13. The van der Waals surface area contributed by atoms with E-state index in [0.29, 0.717) is 0 Å². The third-order valence-electron chi connectivity index (χ3n) is 1.97. The van der Waals surface area contributed by atoms with Crippen molar-refractivity contribution in [3.8, 4) is 0 Å². The van der Waals surface area contributed by atoms with Crippen LogP contribution in [0, 0.1) is 5.92 Å². The van der Waals surface area contributed by atoms with Gasteiger partial charge in [0.05, 0.1) is 6.34 Å². The molecule has 1 atom stereocenters. The monoisotopic (exact) mass is 140 g/mol. The second-order valence-corrected chi connectivity index (χ2v) is 3.12. The highest BCUT2D eigenvalue weighted by Gasteiger charge is 2.12. The molecule has 10 heavy (non-hydrogen) atoms. The Balaban J connectivity index is 2.32. The zero-order valence-corrected chi connectivity index (χ0v) is 6.88. The molecule has 0 radical (unpaired) electrons. The molecule has 0 bridgehead atoms. The molecule has 1 aliphatic rings. The van der Waals surface area contributed by atoms with Crippen LogP contribution in [0.3, 0.4) is 0 Å². The van der Waals surface area contributed by atoms with Gasteiger partial charge in [-0.1, -0.05) is 6.92 Å². The van der Waals surface area contributed by atoms with E-state index in [1.54, 1.807) is 0 Å². The first-order valence-electron chi connectivity index (χ1n) is 3.99. The molecule has 1 saturated heterocycles. The number of nitrogens with zero attached hydrogens (tertiary/aromatic N) is 2. The van der Waals surface area contributed by atoms with Gasteiger partial charge in [0, 0.05) is 20.1 Å². The summed E-state index contributed by atoms with van der Waals surface area (Å²) >= 11 is 0. The van der Waals surface area contributed by atoms with E-state index in [0.717, 1.165) is 5.92 Å². The van der Waals surface area contributed by atoms with Crippen molar-refractivity contribution in [3.63, 3.8) is 0 Å². The Hall–Kier alpha value is -0.530. The Bertz CT molecular complexity index is 120. The van der Waals surface area contributed by atoms with E-state index in [2.05, 4.69) is 16.8 Å². The molecule has 1 heterocycles. The molecule has 0 aliphatic carbocycles. The van der Waals surface area contributed by atoms with E-state index in [-0.39, 0.29) is 0 Å². The van der Waals surface area contributed by atoms with Crippen LogP contribution in [0.1, 0.15) is 19.8 Å². The number of aliphatic imine (C=N–C) groups is 1. The normalized spacial score (nSPS) is 27.8. The van der Waals surface area contributed by atoms with Gasteiger partial charge in [-0.2, -0.15) is 0 Å². The van der Waals surface area contributed by atoms with Gasteiger partial charge in [-0.05, 0) is 18.8 Å². The molecular weight excluding hydrogens is 124 g/mol. The van der Waals surface area contributed by atoms with Gasteiger partial charge >= 0.3 is 0 Å². The first-order valence-corrected chi connectivity index (χ1v) is 3.99. The highest BCUT2D eigenvalue weighted by atomic mass is 15.1. The van der Waals surface area contributed by atoms with E-state index in [1.807, 2.05) is 13.4 Å². The summed E-state index contributed by atoms with van der Waals surface area (Å²) in [4.78, 5) is 6.29. The Morgan fingerprint density at radius 3 is 3.00 bits per heavy atom. The van der Waals surface area contributed by atoms with Crippen LogP contribution in [0.25, 0.3) is 0 Å². The number of likely N-dealkylation sites (tertiary alicyclic amines) is 1. The summed E-state index contributed by atoms with van der Waals surface area (Å²) in [5.41, 5.74) is 0. The first-order chi connectivity index (χ1) is 4.83. The quantitative estimate of drug-likeness (QED) is 0.397. The molecule has 0 aromatic rings. The van der Waals surface area contributed by atoms with E-state index in [1.165, 1.54) is 25.9 Å². The molecule has 1 fully saturated rings. The predicted octanol–water partition coefficient (Wildman–Crippen LogP) is 1.38. The van der Waals surface area contributed by atoms with Gasteiger partial charge in [0.1, 0.15) is 0 Å². The lowest BCUT2D eigenvalue weighted by atomic mass is 10.0. The minimum atomic E-state index is 0.853. The van der Waals surface area contributed by atoms with E-state index in [4.69, 9.17) is 0 Å². The fourth-order valence-electron chi connectivity index (χ4n) is 1.49. The second kappa shape index (κ2) is 3.59. The van der Waals surface area contributed by atoms with Crippen LogP contribution in [0.5, 0.6) is 0 Å². The average molecular weight is 140 g/mol. The van der Waals surface area contributed by atoms with Crippen LogP contribution in [0.4, 0.5) is 0 Å². The van der Waals surface area contributed by atoms with E-state index in [9.17, 15) is 0 Å². The van der Waals surface area contributed by atoms with Crippen molar-refractivity contribution in [2.45, 2.75) is 19.8 Å². The van der Waals surface area contributed by atoms with Crippen molar-refractivity contribution in [2.75, 3.05) is 20.1 Å². The van der Waals surface area contributed by atoms with Crippen LogP contribution in [0.2, 0.25) is 0 Å². The lowest BCUT2D eigenvalue weighted by Crippen LogP contribution is -2.32. The zero-order chi connectivity index (χ0) is 7.40. The van der Waals surface area contributed by atoms with Gasteiger partial charge in [0.15, 0.2) is 0 Å². The van der Waals surface area contributed by atoms with Gasteiger partial charge in [-0.25, -0.2) is 0 Å². The summed E-state index contributed by atoms with van der Waals surface area (Å²) in [6.07, 6.45) is 4.66. The van der Waals surface area contributed by atoms with Crippen molar-refractivity contribution in [1.82, 2.24) is 4.90 Å². The molecule has 1 aliphatic heterocycles. The Morgan fingerprint density at radius 2 is 2.40 bits per heavy atom. The summed E-state index contributed by atoms with van der Waals surface area (Å²) in [5.74, 6) is 0.853. The third-order valence-corrected chi connectivity index (χ3v) is 1.97. The second-order valence-electron chi connectivity index (χ2n) is 3.12. The van der Waals surface area contributed by atoms with Crippen molar-refractivity contribution in [1.29, 1.82) is 0 Å². The molecule has 58 valence electrons. The number of piperidine rings is 1. The molecule has 2 heteroatoms. The SMILES string of the molecule is CN=CN1CCCC(C)C1. The van der Waals surface area contributed by atoms with Crippen molar-refractivity contribution < 1.29 is 0 Å². The summed E-state index contributed by atoms with van der Waals surface area (Å²) in [7, 11) is 1.83. The Morgan fingerprint density at radius 1 is 1.60 bits per heavy atom. The third kappa shape index (κ3) is 2.01. The Labute approximate surface area is 62.9 Å². The van der Waals surface area contributed by atoms with Crippen molar-refractivity contribution >= 4 is 6.34 Å². The van der Waals surface area contributed by atoms with Crippen LogP contribution in [0.15, 0.2) is 4.99 Å². The van der Waals surface area contributed by atoms with Crippen LogP contribution in [-0.2, 0) is 0 Å². The number of rotatable bonds is 1. The molecule has 1 rings (SSSR count). The lowest BCUT2D eigenvalue weighted by molar-refractivity contribution is 0.279. The first kappa shape index (κ1) is 7.58. The fraction of sp³-hybridized carbons (Fsp3) is 0.875. The van der Waals surface area contributed by atoms with Gasteiger partial charge in [0.25, 0.3) is 0 Å². The van der Waals surface area contributed by atoms with Gasteiger partial charge in [0.2, 0.25) is 0 Å². The van der Waals surface area contributed by atoms with E-state index < -0.39 is 0 Å². The predicted molar refractivity (Wildman–Crippen MR) is 44.4 cm³/mol. The number of hydrogen-bond donors (Lipinski definition) is 0. The van der Waals surface area contributed by atoms with Gasteiger partial charge in [-0.3, -0.25) is 4.99 Å². The molecule has 0 spiro atoms. The van der Waals surface area contributed by atoms with Crippen molar-refractivity contribution in [3.05, 3.63) is 0 Å². The molecule has 0 saturated carbocycles. The highest BCUT2D eigenvalue weighted by molar-refractivity contribution is 5.54. The van der Waals surface area contributed by atoms with E-state index >= 15 is 0 Å². The maximum atomic E-state index is 3.99. The minimum Gasteiger partial charge on any atom is -0.363 e. The zero-order valence-electron chi connectivity index (χ0n) is 6.88.